The zero-order valence-corrected chi connectivity index (χ0v) is 9.66. The number of ether oxygens (including phenoxy) is 1. The quantitative estimate of drug-likeness (QED) is 0.666. The third-order valence-electron chi connectivity index (χ3n) is 2.61. The molecule has 0 heterocycles. The van der Waals surface area contributed by atoms with Crippen molar-refractivity contribution in [1.82, 2.24) is 0 Å². The number of hydrogen-bond acceptors (Lipinski definition) is 4. The van der Waals surface area contributed by atoms with E-state index in [-0.39, 0.29) is 5.75 Å². The Labute approximate surface area is 103 Å². The first-order chi connectivity index (χ1) is 8.61. The van der Waals surface area contributed by atoms with Gasteiger partial charge in [0.1, 0.15) is 11.5 Å². The van der Waals surface area contributed by atoms with E-state index in [2.05, 4.69) is 0 Å². The predicted molar refractivity (Wildman–Crippen MR) is 68.2 cm³/mol. The second-order valence-electron chi connectivity index (χ2n) is 3.69. The maximum absolute atomic E-state index is 10.3. The third kappa shape index (κ3) is 2.24. The molecule has 1 N–H and O–H groups in total. The molecule has 0 aliphatic carbocycles. The van der Waals surface area contributed by atoms with Gasteiger partial charge < -0.3 is 9.84 Å². The third-order valence-corrected chi connectivity index (χ3v) is 2.61. The van der Waals surface area contributed by atoms with Crippen LogP contribution >= 0.6 is 0 Å². The van der Waals surface area contributed by atoms with Crippen molar-refractivity contribution in [3.8, 4) is 11.5 Å². The average molecular weight is 245 g/mol. The topological polar surface area (TPSA) is 72.6 Å². The van der Waals surface area contributed by atoms with Gasteiger partial charge in [0.15, 0.2) is 0 Å². The van der Waals surface area contributed by atoms with Gasteiger partial charge in [0.2, 0.25) is 6.20 Å². The van der Waals surface area contributed by atoms with E-state index in [9.17, 15) is 15.2 Å². The summed E-state index contributed by atoms with van der Waals surface area (Å²) in [7, 11) is 1.56. The molecule has 0 atom stereocenters. The van der Waals surface area contributed by atoms with Gasteiger partial charge in [-0.1, -0.05) is 6.07 Å². The van der Waals surface area contributed by atoms with Crippen molar-refractivity contribution in [3.05, 3.63) is 52.2 Å². The highest BCUT2D eigenvalue weighted by Crippen LogP contribution is 2.30. The number of rotatable bonds is 3. The Balaban J connectivity index is 2.63. The molecule has 0 radical (unpaired) electrons. The fourth-order valence-electron chi connectivity index (χ4n) is 1.76. The van der Waals surface area contributed by atoms with Crippen molar-refractivity contribution in [2.75, 3.05) is 7.11 Å². The van der Waals surface area contributed by atoms with Crippen LogP contribution < -0.4 is 4.74 Å². The lowest BCUT2D eigenvalue weighted by Crippen LogP contribution is -1.86. The number of methoxy groups -OCH3 is 1. The minimum Gasteiger partial charge on any atom is -0.507 e. The largest absolute Gasteiger partial charge is 0.507 e. The first-order valence-electron chi connectivity index (χ1n) is 5.23. The number of hydrogen-bond donors (Lipinski definition) is 1. The van der Waals surface area contributed by atoms with Crippen LogP contribution in [-0.4, -0.2) is 17.1 Å². The van der Waals surface area contributed by atoms with Crippen molar-refractivity contribution in [2.24, 2.45) is 0 Å². The first kappa shape index (κ1) is 11.9. The van der Waals surface area contributed by atoms with Crippen molar-refractivity contribution in [3.63, 3.8) is 0 Å². The SMILES string of the molecule is COc1ccc2c(/C=C\[N+](=O)[O-])c(O)ccc2c1. The molecule has 0 aromatic heterocycles. The highest BCUT2D eigenvalue weighted by Gasteiger charge is 2.06. The van der Waals surface area contributed by atoms with Gasteiger partial charge in [-0.25, -0.2) is 0 Å². The molecule has 0 saturated carbocycles. The molecule has 2 rings (SSSR count). The Kier molecular flexibility index (Phi) is 3.14. The van der Waals surface area contributed by atoms with Crippen LogP contribution in [0.15, 0.2) is 36.5 Å². The van der Waals surface area contributed by atoms with Crippen LogP contribution in [0.4, 0.5) is 0 Å². The Hall–Kier alpha value is -2.56. The zero-order valence-electron chi connectivity index (χ0n) is 9.66. The molecule has 0 aliphatic rings. The molecule has 0 saturated heterocycles. The molecule has 2 aromatic rings. The highest BCUT2D eigenvalue weighted by atomic mass is 16.6. The van der Waals surface area contributed by atoms with Crippen molar-refractivity contribution >= 4 is 16.8 Å². The molecule has 18 heavy (non-hydrogen) atoms. The second-order valence-corrected chi connectivity index (χ2v) is 3.69. The number of fused-ring (bicyclic) bond motifs is 1. The lowest BCUT2D eigenvalue weighted by Gasteiger charge is -2.06. The van der Waals surface area contributed by atoms with E-state index in [1.807, 2.05) is 0 Å². The minimum absolute atomic E-state index is 0.00534. The van der Waals surface area contributed by atoms with E-state index in [4.69, 9.17) is 4.74 Å². The van der Waals surface area contributed by atoms with Gasteiger partial charge in [0, 0.05) is 11.6 Å². The minimum atomic E-state index is -0.568. The summed E-state index contributed by atoms with van der Waals surface area (Å²) < 4.78 is 5.10. The van der Waals surface area contributed by atoms with Gasteiger partial charge in [-0.2, -0.15) is 0 Å². The van der Waals surface area contributed by atoms with E-state index < -0.39 is 4.92 Å². The maximum Gasteiger partial charge on any atom is 0.235 e. The summed E-state index contributed by atoms with van der Waals surface area (Å²) in [4.78, 5) is 9.77. The molecule has 0 aliphatic heterocycles. The molecule has 5 heteroatoms. The number of benzene rings is 2. The summed E-state index contributed by atoms with van der Waals surface area (Å²) in [6.07, 6.45) is 2.09. The maximum atomic E-state index is 10.3. The first-order valence-corrected chi connectivity index (χ1v) is 5.23. The summed E-state index contributed by atoms with van der Waals surface area (Å²) in [5.41, 5.74) is 0.423. The fraction of sp³-hybridized carbons (Fsp3) is 0.0769. The van der Waals surface area contributed by atoms with Crippen LogP contribution in [0.2, 0.25) is 0 Å². The molecule has 0 amide bonds. The van der Waals surface area contributed by atoms with Crippen molar-refractivity contribution in [2.45, 2.75) is 0 Å². The zero-order chi connectivity index (χ0) is 13.1. The Morgan fingerprint density at radius 3 is 2.78 bits per heavy atom. The molecular weight excluding hydrogens is 234 g/mol. The van der Waals surface area contributed by atoms with E-state index >= 15 is 0 Å². The summed E-state index contributed by atoms with van der Waals surface area (Å²) in [6, 6.07) is 8.54. The Bertz CT molecular complexity index is 634. The summed E-state index contributed by atoms with van der Waals surface area (Å²) in [5.74, 6) is 0.697. The predicted octanol–water partition coefficient (Wildman–Crippen LogP) is 2.80. The van der Waals surface area contributed by atoms with Gasteiger partial charge in [-0.15, -0.1) is 0 Å². The van der Waals surface area contributed by atoms with Crippen LogP contribution in [0.25, 0.3) is 16.8 Å². The summed E-state index contributed by atoms with van der Waals surface area (Å²) in [6.45, 7) is 0. The monoisotopic (exact) mass is 245 g/mol. The number of phenolic OH excluding ortho intramolecular Hbond substituents is 1. The highest BCUT2D eigenvalue weighted by molar-refractivity contribution is 5.93. The molecule has 92 valence electrons. The van der Waals surface area contributed by atoms with Gasteiger partial charge in [-0.3, -0.25) is 10.1 Å². The van der Waals surface area contributed by atoms with Crippen LogP contribution in [0.5, 0.6) is 11.5 Å². The number of phenols is 1. The molecule has 0 bridgehead atoms. The van der Waals surface area contributed by atoms with Crippen LogP contribution in [0.3, 0.4) is 0 Å². The normalized spacial score (nSPS) is 10.9. The molecule has 0 unspecified atom stereocenters. The fourth-order valence-corrected chi connectivity index (χ4v) is 1.76. The number of nitrogens with zero attached hydrogens (tertiary/aromatic N) is 1. The Morgan fingerprint density at radius 2 is 2.11 bits per heavy atom. The molecule has 2 aromatic carbocycles. The van der Waals surface area contributed by atoms with E-state index in [1.165, 1.54) is 12.1 Å². The van der Waals surface area contributed by atoms with Gasteiger partial charge in [-0.05, 0) is 35.0 Å². The van der Waals surface area contributed by atoms with Crippen LogP contribution in [0.1, 0.15) is 5.56 Å². The van der Waals surface area contributed by atoms with Crippen LogP contribution in [0, 0.1) is 10.1 Å². The Morgan fingerprint density at radius 1 is 1.33 bits per heavy atom. The number of nitro groups is 1. The standard InChI is InChI=1S/C13H11NO4/c1-18-10-3-4-11-9(8-10)2-5-13(15)12(11)6-7-14(16)17/h2-8,15H,1H3/b7-6-. The van der Waals surface area contributed by atoms with Gasteiger partial charge in [0.05, 0.1) is 12.0 Å². The number of aromatic hydroxyl groups is 1. The van der Waals surface area contributed by atoms with Crippen LogP contribution in [-0.2, 0) is 0 Å². The van der Waals surface area contributed by atoms with E-state index in [1.54, 1.807) is 31.4 Å². The molecular formula is C13H11NO4. The molecule has 0 fully saturated rings. The molecule has 0 spiro atoms. The smallest absolute Gasteiger partial charge is 0.235 e. The summed E-state index contributed by atoms with van der Waals surface area (Å²) >= 11 is 0. The summed E-state index contributed by atoms with van der Waals surface area (Å²) in [5, 5.41) is 21.7. The lowest BCUT2D eigenvalue weighted by atomic mass is 10.0. The van der Waals surface area contributed by atoms with Gasteiger partial charge >= 0.3 is 0 Å². The molecule has 5 nitrogen and oxygen atoms in total. The van der Waals surface area contributed by atoms with E-state index in [0.717, 1.165) is 17.0 Å². The van der Waals surface area contributed by atoms with E-state index in [0.29, 0.717) is 11.3 Å². The lowest BCUT2D eigenvalue weighted by molar-refractivity contribution is -0.400. The average Bonchev–Trinajstić information content (AvgIpc) is 2.36. The van der Waals surface area contributed by atoms with Crippen molar-refractivity contribution < 1.29 is 14.8 Å². The van der Waals surface area contributed by atoms with Crippen molar-refractivity contribution in [1.29, 1.82) is 0 Å². The van der Waals surface area contributed by atoms with Gasteiger partial charge in [0.25, 0.3) is 0 Å². The second kappa shape index (κ2) is 4.75.